The van der Waals surface area contributed by atoms with E-state index < -0.39 is 9.84 Å². The van der Waals surface area contributed by atoms with Crippen LogP contribution < -0.4 is 6.15 Å². The summed E-state index contributed by atoms with van der Waals surface area (Å²) in [7, 11) is -2.74. The first-order chi connectivity index (χ1) is 9.64. The molecule has 1 rings (SSSR count). The van der Waals surface area contributed by atoms with Gasteiger partial charge in [-0.2, -0.15) is 0 Å². The van der Waals surface area contributed by atoms with Gasteiger partial charge in [0.25, 0.3) is 0 Å². The summed E-state index contributed by atoms with van der Waals surface area (Å²) in [6, 6.07) is 0. The van der Waals surface area contributed by atoms with Crippen LogP contribution in [0.15, 0.2) is 0 Å². The van der Waals surface area contributed by atoms with E-state index in [2.05, 4.69) is 0 Å². The Morgan fingerprint density at radius 2 is 1.33 bits per heavy atom. The van der Waals surface area contributed by atoms with Crippen LogP contribution in [0.4, 0.5) is 0 Å². The van der Waals surface area contributed by atoms with E-state index in [0.717, 1.165) is 25.2 Å². The summed E-state index contributed by atoms with van der Waals surface area (Å²) >= 11 is 0. The second-order valence-corrected chi connectivity index (χ2v) is 8.87. The van der Waals surface area contributed by atoms with Crippen LogP contribution >= 0.6 is 0 Å². The Hall–Kier alpha value is -0.0900. The molecule has 3 nitrogen and oxygen atoms in total. The molecule has 0 aromatic rings. The number of rotatable bonds is 13. The molecule has 0 aromatic heterocycles. The van der Waals surface area contributed by atoms with E-state index in [1.54, 1.807) is 0 Å². The van der Waals surface area contributed by atoms with Crippen molar-refractivity contribution in [3.05, 3.63) is 0 Å². The average molecular weight is 320 g/mol. The molecule has 1 fully saturated rings. The molecule has 1 aliphatic rings. The normalized spacial score (nSPS) is 15.5. The fourth-order valence-corrected chi connectivity index (χ4v) is 4.48. The van der Waals surface area contributed by atoms with Crippen molar-refractivity contribution in [2.24, 2.45) is 5.92 Å². The highest BCUT2D eigenvalue weighted by Gasteiger charge is 2.15. The van der Waals surface area contributed by atoms with E-state index in [-0.39, 0.29) is 6.15 Å². The largest absolute Gasteiger partial charge is 0.344 e. The molecular formula is C17H37NO2S. The summed E-state index contributed by atoms with van der Waals surface area (Å²) in [4.78, 5) is 0. The molecule has 0 atom stereocenters. The molecule has 0 spiro atoms. The maximum Gasteiger partial charge on any atom is 0.150 e. The van der Waals surface area contributed by atoms with Gasteiger partial charge in [-0.15, -0.1) is 0 Å². The maximum atomic E-state index is 11.5. The van der Waals surface area contributed by atoms with Crippen LogP contribution in [0.25, 0.3) is 0 Å². The van der Waals surface area contributed by atoms with Crippen molar-refractivity contribution in [3.8, 4) is 0 Å². The van der Waals surface area contributed by atoms with E-state index in [9.17, 15) is 8.42 Å². The first-order valence-corrected chi connectivity index (χ1v) is 10.7. The van der Waals surface area contributed by atoms with Gasteiger partial charge in [0, 0.05) is 5.75 Å². The van der Waals surface area contributed by atoms with Crippen molar-refractivity contribution in [2.75, 3.05) is 11.5 Å². The lowest BCUT2D eigenvalue weighted by atomic mass is 9.81. The zero-order valence-electron chi connectivity index (χ0n) is 14.1. The second-order valence-electron chi connectivity index (χ2n) is 6.57. The van der Waals surface area contributed by atoms with Crippen LogP contribution in [-0.2, 0) is 9.84 Å². The molecule has 1 saturated carbocycles. The zero-order chi connectivity index (χ0) is 14.7. The summed E-state index contributed by atoms with van der Waals surface area (Å²) in [6.45, 7) is 1.93. The molecular weight excluding hydrogens is 282 g/mol. The summed E-state index contributed by atoms with van der Waals surface area (Å²) in [5, 5.41) is 0. The first-order valence-electron chi connectivity index (χ1n) is 8.84. The molecule has 0 heterocycles. The molecule has 0 saturated heterocycles. The van der Waals surface area contributed by atoms with Crippen molar-refractivity contribution in [1.29, 1.82) is 0 Å². The van der Waals surface area contributed by atoms with E-state index in [4.69, 9.17) is 0 Å². The smallest absolute Gasteiger partial charge is 0.150 e. The van der Waals surface area contributed by atoms with Crippen molar-refractivity contribution in [3.63, 3.8) is 0 Å². The SMILES string of the molecule is CCCS(=O)(=O)CCCCCCCCCCC1CCC1.N. The van der Waals surface area contributed by atoms with Gasteiger partial charge in [0.2, 0.25) is 0 Å². The Balaban J connectivity index is 0.00000400. The lowest BCUT2D eigenvalue weighted by Crippen LogP contribution is -2.10. The van der Waals surface area contributed by atoms with E-state index >= 15 is 0 Å². The highest BCUT2D eigenvalue weighted by atomic mass is 32.2. The van der Waals surface area contributed by atoms with Crippen LogP contribution in [0.2, 0.25) is 0 Å². The van der Waals surface area contributed by atoms with Gasteiger partial charge in [-0.05, 0) is 18.8 Å². The number of unbranched alkanes of at least 4 members (excludes halogenated alkanes) is 7. The van der Waals surface area contributed by atoms with Crippen molar-refractivity contribution in [1.82, 2.24) is 6.15 Å². The number of hydrogen-bond donors (Lipinski definition) is 1. The molecule has 3 N–H and O–H groups in total. The first kappa shape index (κ1) is 20.9. The summed E-state index contributed by atoms with van der Waals surface area (Å²) in [6.07, 6.45) is 16.7. The molecule has 0 aliphatic heterocycles. The van der Waals surface area contributed by atoms with Gasteiger partial charge in [0.1, 0.15) is 9.84 Å². The van der Waals surface area contributed by atoms with Gasteiger partial charge in [-0.1, -0.05) is 77.6 Å². The van der Waals surface area contributed by atoms with Crippen LogP contribution in [0.5, 0.6) is 0 Å². The Morgan fingerprint density at radius 3 is 1.81 bits per heavy atom. The van der Waals surface area contributed by atoms with Crippen LogP contribution in [-0.4, -0.2) is 19.9 Å². The summed E-state index contributed by atoms with van der Waals surface area (Å²) < 4.78 is 23.0. The Kier molecular flexibility index (Phi) is 12.4. The molecule has 21 heavy (non-hydrogen) atoms. The van der Waals surface area contributed by atoms with Gasteiger partial charge in [-0.3, -0.25) is 0 Å². The van der Waals surface area contributed by atoms with Gasteiger partial charge in [-0.25, -0.2) is 8.42 Å². The lowest BCUT2D eigenvalue weighted by Gasteiger charge is -2.24. The lowest BCUT2D eigenvalue weighted by molar-refractivity contribution is 0.286. The molecule has 0 radical (unpaired) electrons. The average Bonchev–Trinajstić information content (AvgIpc) is 2.33. The highest BCUT2D eigenvalue weighted by Crippen LogP contribution is 2.31. The molecule has 0 bridgehead atoms. The number of sulfone groups is 1. The monoisotopic (exact) mass is 319 g/mol. The second kappa shape index (κ2) is 12.5. The minimum Gasteiger partial charge on any atom is -0.344 e. The van der Waals surface area contributed by atoms with Gasteiger partial charge in [0.15, 0.2) is 0 Å². The van der Waals surface area contributed by atoms with Crippen LogP contribution in [0.3, 0.4) is 0 Å². The van der Waals surface area contributed by atoms with Gasteiger partial charge >= 0.3 is 0 Å². The van der Waals surface area contributed by atoms with E-state index in [1.165, 1.54) is 64.2 Å². The van der Waals surface area contributed by atoms with E-state index in [0.29, 0.717) is 11.5 Å². The third-order valence-electron chi connectivity index (χ3n) is 4.56. The topological polar surface area (TPSA) is 69.1 Å². The minimum absolute atomic E-state index is 0. The predicted octanol–water partition coefficient (Wildman–Crippen LogP) is 5.28. The van der Waals surface area contributed by atoms with Crippen LogP contribution in [0, 0.1) is 5.92 Å². The fourth-order valence-electron chi connectivity index (χ4n) is 3.01. The third-order valence-corrected chi connectivity index (χ3v) is 6.50. The molecule has 128 valence electrons. The van der Waals surface area contributed by atoms with Crippen LogP contribution in [0.1, 0.15) is 90.4 Å². The summed E-state index contributed by atoms with van der Waals surface area (Å²) in [5.41, 5.74) is 0. The third kappa shape index (κ3) is 11.2. The molecule has 4 heteroatoms. The van der Waals surface area contributed by atoms with Crippen molar-refractivity contribution >= 4 is 9.84 Å². The van der Waals surface area contributed by atoms with E-state index in [1.807, 2.05) is 6.92 Å². The van der Waals surface area contributed by atoms with Crippen molar-refractivity contribution < 1.29 is 8.42 Å². The Morgan fingerprint density at radius 1 is 0.810 bits per heavy atom. The predicted molar refractivity (Wildman–Crippen MR) is 92.9 cm³/mol. The standard InChI is InChI=1S/C17H34O2S.H3N/c1-2-15-20(18,19)16-10-8-6-4-3-5-7-9-12-17-13-11-14-17;/h17H,2-16H2,1H3;1H3. The van der Waals surface area contributed by atoms with Gasteiger partial charge < -0.3 is 6.15 Å². The maximum absolute atomic E-state index is 11.5. The Labute approximate surface area is 132 Å². The molecule has 0 unspecified atom stereocenters. The van der Waals surface area contributed by atoms with Crippen molar-refractivity contribution in [2.45, 2.75) is 90.4 Å². The highest BCUT2D eigenvalue weighted by molar-refractivity contribution is 7.91. The summed E-state index contributed by atoms with van der Waals surface area (Å²) in [5.74, 6) is 1.84. The Bertz CT molecular complexity index is 324. The molecule has 1 aliphatic carbocycles. The quantitative estimate of drug-likeness (QED) is 0.469. The fraction of sp³-hybridized carbons (Fsp3) is 1.00. The number of hydrogen-bond acceptors (Lipinski definition) is 3. The van der Waals surface area contributed by atoms with Gasteiger partial charge in [0.05, 0.1) is 5.75 Å². The molecule has 0 aromatic carbocycles. The zero-order valence-corrected chi connectivity index (χ0v) is 14.9. The minimum atomic E-state index is -2.74. The molecule has 0 amide bonds.